The molecule has 0 saturated heterocycles. The molecule has 1 amide bonds. The fourth-order valence-electron chi connectivity index (χ4n) is 2.10. The van der Waals surface area contributed by atoms with E-state index in [9.17, 15) is 4.79 Å². The van der Waals surface area contributed by atoms with E-state index >= 15 is 0 Å². The van der Waals surface area contributed by atoms with Gasteiger partial charge in [0.2, 0.25) is 0 Å². The molecule has 3 rings (SSSR count). The molecule has 4 heteroatoms. The molecule has 2 N–H and O–H groups in total. The number of hydrogen-bond acceptors (Lipinski definition) is 2. The Morgan fingerprint density at radius 1 is 1.00 bits per heavy atom. The maximum absolute atomic E-state index is 12.1. The lowest BCUT2D eigenvalue weighted by molar-refractivity contribution is 0.102. The minimum atomic E-state index is -0.211. The van der Waals surface area contributed by atoms with Crippen molar-refractivity contribution in [1.29, 1.82) is 0 Å². The van der Waals surface area contributed by atoms with Crippen LogP contribution in [0.4, 0.5) is 5.69 Å². The number of anilines is 1. The van der Waals surface area contributed by atoms with Crippen LogP contribution in [0.25, 0.3) is 0 Å². The predicted octanol–water partition coefficient (Wildman–Crippen LogP) is 3.25. The van der Waals surface area contributed by atoms with E-state index in [-0.39, 0.29) is 5.91 Å². The molecule has 1 aromatic heterocycles. The summed E-state index contributed by atoms with van der Waals surface area (Å²) in [5, 5.41) is 9.80. The zero-order valence-electron chi connectivity index (χ0n) is 11.4. The van der Waals surface area contributed by atoms with E-state index in [0.29, 0.717) is 5.69 Å². The molecule has 0 radical (unpaired) electrons. The average Bonchev–Trinajstić information content (AvgIpc) is 2.98. The van der Waals surface area contributed by atoms with Gasteiger partial charge in [-0.1, -0.05) is 48.5 Å². The summed E-state index contributed by atoms with van der Waals surface area (Å²) in [5.41, 5.74) is 3.25. The summed E-state index contributed by atoms with van der Waals surface area (Å²) in [7, 11) is 0. The smallest absolute Gasteiger partial charge is 0.276 e. The van der Waals surface area contributed by atoms with E-state index in [1.807, 2.05) is 60.7 Å². The van der Waals surface area contributed by atoms with Gasteiger partial charge in [0.05, 0.1) is 0 Å². The highest BCUT2D eigenvalue weighted by molar-refractivity contribution is 6.02. The molecule has 3 aromatic rings. The summed E-state index contributed by atoms with van der Waals surface area (Å²) in [4.78, 5) is 12.1. The van der Waals surface area contributed by atoms with E-state index in [0.717, 1.165) is 17.8 Å². The van der Waals surface area contributed by atoms with Crippen LogP contribution < -0.4 is 5.32 Å². The molecule has 0 saturated carbocycles. The first-order valence-corrected chi connectivity index (χ1v) is 6.76. The molecule has 0 aliphatic rings. The summed E-state index contributed by atoms with van der Waals surface area (Å²) >= 11 is 0. The van der Waals surface area contributed by atoms with E-state index < -0.39 is 0 Å². The molecule has 0 aliphatic carbocycles. The minimum absolute atomic E-state index is 0.211. The van der Waals surface area contributed by atoms with Crippen LogP contribution in [0.3, 0.4) is 0 Å². The first-order chi connectivity index (χ1) is 10.3. The summed E-state index contributed by atoms with van der Waals surface area (Å²) < 4.78 is 0. The third-order valence-corrected chi connectivity index (χ3v) is 3.13. The number of aromatic nitrogens is 2. The third kappa shape index (κ3) is 3.36. The zero-order valence-corrected chi connectivity index (χ0v) is 11.4. The van der Waals surface area contributed by atoms with Crippen LogP contribution in [-0.4, -0.2) is 16.1 Å². The molecule has 0 unspecified atom stereocenters. The Bertz CT molecular complexity index is 720. The maximum atomic E-state index is 12.1. The standard InChI is InChI=1S/C17H15N3O/c21-17(18-14-9-5-2-6-10-14)16-12-15(19-20-16)11-13-7-3-1-4-8-13/h1-10,12H,11H2,(H,18,21)(H,19,20). The molecule has 0 atom stereocenters. The van der Waals surface area contributed by atoms with E-state index in [1.165, 1.54) is 5.56 Å². The van der Waals surface area contributed by atoms with Gasteiger partial charge in [0.1, 0.15) is 0 Å². The molecule has 0 bridgehead atoms. The van der Waals surface area contributed by atoms with Crippen LogP contribution in [0, 0.1) is 0 Å². The highest BCUT2D eigenvalue weighted by Crippen LogP contribution is 2.11. The number of amides is 1. The van der Waals surface area contributed by atoms with E-state index in [1.54, 1.807) is 6.07 Å². The van der Waals surface area contributed by atoms with Crippen LogP contribution in [-0.2, 0) is 6.42 Å². The summed E-state index contributed by atoms with van der Waals surface area (Å²) in [6.45, 7) is 0. The van der Waals surface area contributed by atoms with Gasteiger partial charge in [-0.15, -0.1) is 0 Å². The van der Waals surface area contributed by atoms with Crippen molar-refractivity contribution in [2.75, 3.05) is 5.32 Å². The topological polar surface area (TPSA) is 57.8 Å². The quantitative estimate of drug-likeness (QED) is 0.769. The van der Waals surface area contributed by atoms with Crippen LogP contribution in [0.1, 0.15) is 21.7 Å². The third-order valence-electron chi connectivity index (χ3n) is 3.13. The van der Waals surface area contributed by atoms with Gasteiger partial charge < -0.3 is 5.32 Å². The van der Waals surface area contributed by atoms with Crippen molar-refractivity contribution >= 4 is 11.6 Å². The SMILES string of the molecule is O=C(Nc1ccccc1)c1cc(Cc2ccccc2)[nH]n1. The molecule has 0 aliphatic heterocycles. The molecule has 4 nitrogen and oxygen atoms in total. The number of carbonyl (C=O) groups is 1. The number of rotatable bonds is 4. The van der Waals surface area contributed by atoms with Crippen molar-refractivity contribution < 1.29 is 4.79 Å². The van der Waals surface area contributed by atoms with Gasteiger partial charge in [0.15, 0.2) is 5.69 Å². The number of para-hydroxylation sites is 1. The Labute approximate surface area is 122 Å². The number of nitrogens with one attached hydrogen (secondary N) is 2. The first kappa shape index (κ1) is 13.1. The van der Waals surface area contributed by atoms with Crippen molar-refractivity contribution in [3.63, 3.8) is 0 Å². The Morgan fingerprint density at radius 3 is 2.38 bits per heavy atom. The van der Waals surface area contributed by atoms with Gasteiger partial charge in [-0.2, -0.15) is 5.10 Å². The van der Waals surface area contributed by atoms with Crippen molar-refractivity contribution in [3.8, 4) is 0 Å². The van der Waals surface area contributed by atoms with Crippen LogP contribution in [0.2, 0.25) is 0 Å². The number of hydrogen-bond donors (Lipinski definition) is 2. The van der Waals surface area contributed by atoms with Crippen molar-refractivity contribution in [3.05, 3.63) is 83.7 Å². The van der Waals surface area contributed by atoms with Crippen LogP contribution in [0.15, 0.2) is 66.7 Å². The maximum Gasteiger partial charge on any atom is 0.276 e. The number of H-pyrrole nitrogens is 1. The molecule has 2 aromatic carbocycles. The lowest BCUT2D eigenvalue weighted by Crippen LogP contribution is -2.12. The van der Waals surface area contributed by atoms with Gasteiger partial charge in [0, 0.05) is 17.8 Å². The van der Waals surface area contributed by atoms with E-state index in [2.05, 4.69) is 15.5 Å². The van der Waals surface area contributed by atoms with Gasteiger partial charge in [-0.05, 0) is 23.8 Å². The summed E-state index contributed by atoms with van der Waals surface area (Å²) in [6, 6.07) is 21.2. The number of carbonyl (C=O) groups excluding carboxylic acids is 1. The average molecular weight is 277 g/mol. The van der Waals surface area contributed by atoms with E-state index in [4.69, 9.17) is 0 Å². The Morgan fingerprint density at radius 2 is 1.67 bits per heavy atom. The Kier molecular flexibility index (Phi) is 3.78. The summed E-state index contributed by atoms with van der Waals surface area (Å²) in [5.74, 6) is -0.211. The Balaban J connectivity index is 1.68. The van der Waals surface area contributed by atoms with Crippen LogP contribution in [0.5, 0.6) is 0 Å². The monoisotopic (exact) mass is 277 g/mol. The fraction of sp³-hybridized carbons (Fsp3) is 0.0588. The molecular weight excluding hydrogens is 262 g/mol. The molecule has 1 heterocycles. The number of benzene rings is 2. The lowest BCUT2D eigenvalue weighted by atomic mass is 10.1. The fourth-order valence-corrected chi connectivity index (χ4v) is 2.10. The normalized spacial score (nSPS) is 10.3. The minimum Gasteiger partial charge on any atom is -0.321 e. The van der Waals surface area contributed by atoms with Crippen LogP contribution >= 0.6 is 0 Å². The largest absolute Gasteiger partial charge is 0.321 e. The molecule has 21 heavy (non-hydrogen) atoms. The van der Waals surface area contributed by atoms with Crippen molar-refractivity contribution in [2.45, 2.75) is 6.42 Å². The molecular formula is C17H15N3O. The highest BCUT2D eigenvalue weighted by Gasteiger charge is 2.10. The van der Waals surface area contributed by atoms with Gasteiger partial charge in [0.25, 0.3) is 5.91 Å². The second-order valence-corrected chi connectivity index (χ2v) is 4.76. The van der Waals surface area contributed by atoms with Crippen molar-refractivity contribution in [2.24, 2.45) is 0 Å². The second kappa shape index (κ2) is 6.05. The molecule has 0 spiro atoms. The number of nitrogens with zero attached hydrogens (tertiary/aromatic N) is 1. The van der Waals surface area contributed by atoms with Crippen molar-refractivity contribution in [1.82, 2.24) is 10.2 Å². The lowest BCUT2D eigenvalue weighted by Gasteiger charge is -2.01. The van der Waals surface area contributed by atoms with Gasteiger partial charge in [-0.3, -0.25) is 9.89 Å². The van der Waals surface area contributed by atoms with Gasteiger partial charge in [-0.25, -0.2) is 0 Å². The number of aromatic amines is 1. The second-order valence-electron chi connectivity index (χ2n) is 4.76. The predicted molar refractivity (Wildman–Crippen MR) is 82.2 cm³/mol. The Hall–Kier alpha value is -2.88. The molecule has 0 fully saturated rings. The molecule has 104 valence electrons. The summed E-state index contributed by atoms with van der Waals surface area (Å²) in [6.07, 6.45) is 0.729. The van der Waals surface area contributed by atoms with Gasteiger partial charge >= 0.3 is 0 Å². The highest BCUT2D eigenvalue weighted by atomic mass is 16.1. The first-order valence-electron chi connectivity index (χ1n) is 6.76. The zero-order chi connectivity index (χ0) is 14.5.